The standard InChI is InChI=1S/C42H46N2O4/c1-3-5-7-11-28-14-18-29(19-15-28)30-20-24-32(25-21-30)48-42(47)35-26-36(44-31-22-16-27(17-23-31)10-6-4-2)37-38(39(35)43)41(46)34-13-9-8-12-33(34)40(37)45/h8-9,12-13,16-17,20-26,28-29,44H,3-7,10-11,14-15,18-19,43H2,1-2H3/t28-,29-. The smallest absolute Gasteiger partial charge is 0.345 e. The van der Waals surface area contributed by atoms with Crippen LogP contribution in [0.5, 0.6) is 5.75 Å². The lowest BCUT2D eigenvalue weighted by molar-refractivity contribution is 0.0735. The summed E-state index contributed by atoms with van der Waals surface area (Å²) in [7, 11) is 0. The largest absolute Gasteiger partial charge is 0.423 e. The Balaban J connectivity index is 1.25. The first kappa shape index (κ1) is 33.2. The fourth-order valence-electron chi connectivity index (χ4n) is 7.31. The van der Waals surface area contributed by atoms with Crippen LogP contribution in [0.25, 0.3) is 0 Å². The van der Waals surface area contributed by atoms with Crippen LogP contribution < -0.4 is 15.8 Å². The van der Waals surface area contributed by atoms with Gasteiger partial charge in [-0.3, -0.25) is 9.59 Å². The molecule has 3 N–H and O–H groups in total. The Kier molecular flexibility index (Phi) is 10.4. The molecule has 0 saturated heterocycles. The van der Waals surface area contributed by atoms with Gasteiger partial charge in [0.2, 0.25) is 0 Å². The lowest BCUT2D eigenvalue weighted by Gasteiger charge is -2.29. The molecule has 0 bridgehead atoms. The van der Waals surface area contributed by atoms with Crippen LogP contribution in [0, 0.1) is 5.92 Å². The van der Waals surface area contributed by atoms with Gasteiger partial charge in [0.1, 0.15) is 5.75 Å². The molecule has 4 aromatic rings. The number of nitrogens with one attached hydrogen (secondary N) is 1. The number of rotatable bonds is 12. The Morgan fingerprint density at radius 3 is 2.08 bits per heavy atom. The molecule has 0 radical (unpaired) electrons. The van der Waals surface area contributed by atoms with Crippen molar-refractivity contribution in [2.75, 3.05) is 11.1 Å². The number of esters is 1. The molecule has 2 aliphatic rings. The van der Waals surface area contributed by atoms with Crippen LogP contribution in [0.4, 0.5) is 17.1 Å². The van der Waals surface area contributed by atoms with E-state index < -0.39 is 11.8 Å². The van der Waals surface area contributed by atoms with Gasteiger partial charge in [0, 0.05) is 16.8 Å². The molecule has 0 amide bonds. The fourth-order valence-corrected chi connectivity index (χ4v) is 7.31. The molecule has 0 unspecified atom stereocenters. The third-order valence-corrected chi connectivity index (χ3v) is 10.1. The molecule has 0 spiro atoms. The molecule has 0 aliphatic heterocycles. The van der Waals surface area contributed by atoms with Crippen molar-refractivity contribution in [3.8, 4) is 5.75 Å². The number of ketones is 2. The summed E-state index contributed by atoms with van der Waals surface area (Å²) in [5, 5.41) is 3.31. The monoisotopic (exact) mass is 642 g/mol. The van der Waals surface area contributed by atoms with Crippen molar-refractivity contribution >= 4 is 34.6 Å². The predicted octanol–water partition coefficient (Wildman–Crippen LogP) is 10.2. The molecule has 0 aromatic heterocycles. The third kappa shape index (κ3) is 7.08. The average Bonchev–Trinajstić information content (AvgIpc) is 3.11. The van der Waals surface area contributed by atoms with Crippen LogP contribution >= 0.6 is 0 Å². The van der Waals surface area contributed by atoms with Crippen LogP contribution in [0.15, 0.2) is 78.9 Å². The van der Waals surface area contributed by atoms with Gasteiger partial charge >= 0.3 is 5.97 Å². The SMILES string of the molecule is CCCCC[C@H]1CC[C@H](c2ccc(OC(=O)c3cc(Nc4ccc(CCCC)cc4)c4c(c3N)C(=O)c3ccccc3C4=O)cc2)CC1. The van der Waals surface area contributed by atoms with E-state index >= 15 is 0 Å². The summed E-state index contributed by atoms with van der Waals surface area (Å²) >= 11 is 0. The first-order valence-electron chi connectivity index (χ1n) is 17.7. The Morgan fingerprint density at radius 2 is 1.44 bits per heavy atom. The number of hydrogen-bond acceptors (Lipinski definition) is 6. The number of ether oxygens (including phenoxy) is 1. The van der Waals surface area contributed by atoms with Gasteiger partial charge < -0.3 is 15.8 Å². The van der Waals surface area contributed by atoms with E-state index in [-0.39, 0.29) is 33.7 Å². The molecule has 48 heavy (non-hydrogen) atoms. The number of unbranched alkanes of at least 4 members (excludes halogenated alkanes) is 3. The molecular formula is C42H46N2O4. The van der Waals surface area contributed by atoms with Crippen LogP contribution in [-0.2, 0) is 6.42 Å². The van der Waals surface area contributed by atoms with Crippen molar-refractivity contribution in [3.63, 3.8) is 0 Å². The van der Waals surface area contributed by atoms with E-state index in [0.29, 0.717) is 22.9 Å². The van der Waals surface area contributed by atoms with Gasteiger partial charge in [-0.15, -0.1) is 0 Å². The molecule has 248 valence electrons. The number of carbonyl (C=O) groups is 3. The van der Waals surface area contributed by atoms with Crippen molar-refractivity contribution in [1.29, 1.82) is 0 Å². The summed E-state index contributed by atoms with van der Waals surface area (Å²) in [5.41, 5.74) is 10.8. The van der Waals surface area contributed by atoms with Crippen molar-refractivity contribution in [2.24, 2.45) is 5.92 Å². The maximum absolute atomic E-state index is 13.8. The maximum Gasteiger partial charge on any atom is 0.345 e. The Labute approximate surface area is 284 Å². The topological polar surface area (TPSA) is 98.5 Å². The highest BCUT2D eigenvalue weighted by molar-refractivity contribution is 6.32. The molecule has 1 fully saturated rings. The van der Waals surface area contributed by atoms with Gasteiger partial charge in [0.25, 0.3) is 0 Å². The normalized spacial score (nSPS) is 17.0. The van der Waals surface area contributed by atoms with Gasteiger partial charge in [0.05, 0.1) is 28.1 Å². The molecule has 6 heteroatoms. The highest BCUT2D eigenvalue weighted by atomic mass is 16.5. The number of nitrogens with two attached hydrogens (primary N) is 1. The van der Waals surface area contributed by atoms with E-state index in [1.807, 2.05) is 36.4 Å². The zero-order chi connectivity index (χ0) is 33.6. The van der Waals surface area contributed by atoms with Crippen LogP contribution in [0.3, 0.4) is 0 Å². The molecule has 4 aromatic carbocycles. The Hall–Kier alpha value is -4.71. The van der Waals surface area contributed by atoms with Gasteiger partial charge in [-0.05, 0) is 91.8 Å². The molecule has 0 atom stereocenters. The maximum atomic E-state index is 13.8. The quantitative estimate of drug-likeness (QED) is 0.0608. The molecule has 2 aliphatic carbocycles. The zero-order valence-electron chi connectivity index (χ0n) is 28.1. The van der Waals surface area contributed by atoms with Crippen LogP contribution in [0.2, 0.25) is 0 Å². The summed E-state index contributed by atoms with van der Waals surface area (Å²) in [6.45, 7) is 4.42. The Bertz CT molecular complexity index is 1780. The molecular weight excluding hydrogens is 596 g/mol. The summed E-state index contributed by atoms with van der Waals surface area (Å²) in [5.74, 6) is 0.366. The lowest BCUT2D eigenvalue weighted by atomic mass is 9.77. The van der Waals surface area contributed by atoms with E-state index in [1.54, 1.807) is 24.3 Å². The fraction of sp³-hybridized carbons (Fsp3) is 0.357. The summed E-state index contributed by atoms with van der Waals surface area (Å²) in [4.78, 5) is 41.4. The van der Waals surface area contributed by atoms with E-state index in [2.05, 4.69) is 31.3 Å². The summed E-state index contributed by atoms with van der Waals surface area (Å²) in [6, 6.07) is 24.0. The second kappa shape index (κ2) is 15.0. The highest BCUT2D eigenvalue weighted by Gasteiger charge is 2.36. The lowest BCUT2D eigenvalue weighted by Crippen LogP contribution is -2.25. The van der Waals surface area contributed by atoms with E-state index in [1.165, 1.54) is 68.6 Å². The van der Waals surface area contributed by atoms with E-state index in [9.17, 15) is 14.4 Å². The van der Waals surface area contributed by atoms with E-state index in [0.717, 1.165) is 30.9 Å². The average molecular weight is 643 g/mol. The number of fused-ring (bicyclic) bond motifs is 2. The minimum atomic E-state index is -0.687. The van der Waals surface area contributed by atoms with Gasteiger partial charge in [-0.2, -0.15) is 0 Å². The number of carbonyl (C=O) groups excluding carboxylic acids is 3. The molecule has 0 heterocycles. The minimum Gasteiger partial charge on any atom is -0.423 e. The Morgan fingerprint density at radius 1 is 0.792 bits per heavy atom. The number of aryl methyl sites for hydroxylation is 1. The predicted molar refractivity (Wildman–Crippen MR) is 193 cm³/mol. The zero-order valence-corrected chi connectivity index (χ0v) is 28.1. The van der Waals surface area contributed by atoms with Crippen molar-refractivity contribution in [1.82, 2.24) is 0 Å². The van der Waals surface area contributed by atoms with Gasteiger partial charge in [-0.1, -0.05) is 94.5 Å². The van der Waals surface area contributed by atoms with Crippen LogP contribution in [0.1, 0.15) is 137 Å². The van der Waals surface area contributed by atoms with Gasteiger partial charge in [0.15, 0.2) is 11.6 Å². The first-order chi connectivity index (χ1) is 23.4. The number of anilines is 3. The summed E-state index contributed by atoms with van der Waals surface area (Å²) in [6.07, 6.45) is 13.4. The van der Waals surface area contributed by atoms with Crippen molar-refractivity contribution in [2.45, 2.75) is 90.4 Å². The number of hydrogen-bond donors (Lipinski definition) is 2. The van der Waals surface area contributed by atoms with Crippen LogP contribution in [-0.4, -0.2) is 17.5 Å². The number of benzene rings is 4. The molecule has 1 saturated carbocycles. The highest BCUT2D eigenvalue weighted by Crippen LogP contribution is 2.40. The summed E-state index contributed by atoms with van der Waals surface area (Å²) < 4.78 is 5.83. The molecule has 6 rings (SSSR count). The minimum absolute atomic E-state index is 0.0239. The third-order valence-electron chi connectivity index (χ3n) is 10.1. The molecule has 6 nitrogen and oxygen atoms in total. The second-order valence-corrected chi connectivity index (χ2v) is 13.4. The number of nitrogen functional groups attached to an aromatic ring is 1. The van der Waals surface area contributed by atoms with Crippen molar-refractivity contribution < 1.29 is 19.1 Å². The second-order valence-electron chi connectivity index (χ2n) is 13.4. The van der Waals surface area contributed by atoms with Crippen molar-refractivity contribution in [3.05, 3.63) is 118 Å². The van der Waals surface area contributed by atoms with Gasteiger partial charge in [-0.25, -0.2) is 4.79 Å². The van der Waals surface area contributed by atoms with E-state index in [4.69, 9.17) is 10.5 Å². The first-order valence-corrected chi connectivity index (χ1v) is 17.7.